The molecule has 1 aromatic rings. The predicted octanol–water partition coefficient (Wildman–Crippen LogP) is 5.44. The van der Waals surface area contributed by atoms with Crippen LogP contribution < -0.4 is 4.74 Å². The largest absolute Gasteiger partial charge is 0.497 e. The fourth-order valence-electron chi connectivity index (χ4n) is 3.52. The van der Waals surface area contributed by atoms with E-state index in [0.717, 1.165) is 12.2 Å². The fourth-order valence-corrected chi connectivity index (χ4v) is 3.52. The van der Waals surface area contributed by atoms with Crippen LogP contribution in [0.3, 0.4) is 0 Å². The van der Waals surface area contributed by atoms with Crippen LogP contribution in [0.5, 0.6) is 5.75 Å². The minimum atomic E-state index is 0.405. The molecular formula is C20H26O. The molecule has 1 nitrogen and oxygen atoms in total. The van der Waals surface area contributed by atoms with Gasteiger partial charge in [0.05, 0.1) is 7.11 Å². The quantitative estimate of drug-likeness (QED) is 0.528. The summed E-state index contributed by atoms with van der Waals surface area (Å²) in [6.07, 6.45) is 8.90. The number of ether oxygens (including phenoxy) is 1. The Bertz CT molecular complexity index is 578. The van der Waals surface area contributed by atoms with E-state index in [4.69, 9.17) is 4.74 Å². The molecule has 0 aromatic heterocycles. The topological polar surface area (TPSA) is 9.23 Å². The number of hydrogen-bond donors (Lipinski definition) is 0. The number of allylic oxidation sites excluding steroid dienone is 5. The van der Waals surface area contributed by atoms with E-state index in [0.29, 0.717) is 11.8 Å². The zero-order valence-electron chi connectivity index (χ0n) is 13.6. The molecule has 112 valence electrons. The van der Waals surface area contributed by atoms with Gasteiger partial charge in [0.15, 0.2) is 0 Å². The van der Waals surface area contributed by atoms with E-state index < -0.39 is 0 Å². The maximum absolute atomic E-state index is 5.37. The van der Waals surface area contributed by atoms with Crippen molar-refractivity contribution in [2.45, 2.75) is 39.5 Å². The number of fused-ring (bicyclic) bond motifs is 1. The van der Waals surface area contributed by atoms with Gasteiger partial charge in [-0.3, -0.25) is 0 Å². The van der Waals surface area contributed by atoms with Crippen LogP contribution >= 0.6 is 0 Å². The smallest absolute Gasteiger partial charge is 0.119 e. The van der Waals surface area contributed by atoms with Crippen molar-refractivity contribution in [2.75, 3.05) is 7.11 Å². The van der Waals surface area contributed by atoms with Crippen LogP contribution in [0.25, 0.3) is 0 Å². The molecule has 2 rings (SSSR count). The van der Waals surface area contributed by atoms with Crippen molar-refractivity contribution in [2.24, 2.45) is 5.92 Å². The minimum Gasteiger partial charge on any atom is -0.497 e. The van der Waals surface area contributed by atoms with Crippen LogP contribution in [0.2, 0.25) is 0 Å². The number of rotatable bonds is 4. The molecule has 0 aliphatic heterocycles. The predicted molar refractivity (Wildman–Crippen MR) is 90.9 cm³/mol. The number of hydrogen-bond acceptors (Lipinski definition) is 1. The number of methoxy groups -OCH3 is 1. The Kier molecular flexibility index (Phi) is 5.06. The number of aryl methyl sites for hydroxylation is 1. The van der Waals surface area contributed by atoms with Crippen LogP contribution in [0.1, 0.15) is 44.2 Å². The first kappa shape index (κ1) is 15.6. The molecule has 1 aliphatic carbocycles. The zero-order valence-corrected chi connectivity index (χ0v) is 13.6. The van der Waals surface area contributed by atoms with Crippen LogP contribution in [-0.2, 0) is 6.42 Å². The van der Waals surface area contributed by atoms with E-state index in [1.54, 1.807) is 7.11 Å². The third-order valence-corrected chi connectivity index (χ3v) is 4.46. The molecule has 0 amide bonds. The van der Waals surface area contributed by atoms with Gasteiger partial charge in [0.1, 0.15) is 5.75 Å². The summed E-state index contributed by atoms with van der Waals surface area (Å²) in [5, 5.41) is 0. The summed E-state index contributed by atoms with van der Waals surface area (Å²) in [5.74, 6) is 1.89. The van der Waals surface area contributed by atoms with Gasteiger partial charge in [0.25, 0.3) is 0 Å². The summed E-state index contributed by atoms with van der Waals surface area (Å²) in [6, 6.07) is 6.48. The Hall–Kier alpha value is -1.76. The van der Waals surface area contributed by atoms with Gasteiger partial charge in [-0.25, -0.2) is 0 Å². The van der Waals surface area contributed by atoms with Crippen molar-refractivity contribution in [1.82, 2.24) is 0 Å². The summed E-state index contributed by atoms with van der Waals surface area (Å²) in [4.78, 5) is 0. The molecule has 21 heavy (non-hydrogen) atoms. The molecule has 0 spiro atoms. The van der Waals surface area contributed by atoms with Crippen LogP contribution in [0, 0.1) is 5.92 Å². The van der Waals surface area contributed by atoms with Crippen molar-refractivity contribution >= 4 is 0 Å². The molecule has 0 saturated carbocycles. The highest BCUT2D eigenvalue weighted by Crippen LogP contribution is 2.44. The first-order valence-corrected chi connectivity index (χ1v) is 7.73. The van der Waals surface area contributed by atoms with E-state index in [1.165, 1.54) is 28.7 Å². The molecule has 0 heterocycles. The average molecular weight is 282 g/mol. The van der Waals surface area contributed by atoms with Crippen LogP contribution in [0.4, 0.5) is 0 Å². The van der Waals surface area contributed by atoms with Gasteiger partial charge in [0.2, 0.25) is 0 Å². The van der Waals surface area contributed by atoms with Crippen molar-refractivity contribution in [3.05, 3.63) is 65.3 Å². The lowest BCUT2D eigenvalue weighted by atomic mass is 9.69. The standard InChI is InChI=1S/C20H26O/c1-6-8-15(7-2)18-11-9-16-13-17(21-5)10-12-19(16)20(18)14(3)4/h6-8,10,12-13,18,20H,3,9,11H2,1-2,4-5H3/b8-6-,15-7+/t18-,20+/m1/s1. The van der Waals surface area contributed by atoms with E-state index in [-0.39, 0.29) is 0 Å². The monoisotopic (exact) mass is 282 g/mol. The summed E-state index contributed by atoms with van der Waals surface area (Å²) >= 11 is 0. The molecule has 2 atom stereocenters. The highest BCUT2D eigenvalue weighted by atomic mass is 16.5. The minimum absolute atomic E-state index is 0.405. The fraction of sp³-hybridized carbons (Fsp3) is 0.400. The molecule has 0 unspecified atom stereocenters. The zero-order chi connectivity index (χ0) is 15.4. The summed E-state index contributed by atoms with van der Waals surface area (Å²) in [6.45, 7) is 10.6. The average Bonchev–Trinajstić information content (AvgIpc) is 2.50. The molecule has 1 aromatic carbocycles. The lowest BCUT2D eigenvalue weighted by molar-refractivity contribution is 0.411. The first-order chi connectivity index (χ1) is 10.1. The van der Waals surface area contributed by atoms with Gasteiger partial charge >= 0.3 is 0 Å². The maximum Gasteiger partial charge on any atom is 0.119 e. The Morgan fingerprint density at radius 3 is 2.67 bits per heavy atom. The van der Waals surface area contributed by atoms with Gasteiger partial charge < -0.3 is 4.74 Å². The van der Waals surface area contributed by atoms with Crippen molar-refractivity contribution < 1.29 is 4.74 Å². The van der Waals surface area contributed by atoms with Crippen LogP contribution in [-0.4, -0.2) is 7.11 Å². The lowest BCUT2D eigenvalue weighted by Crippen LogP contribution is -2.23. The molecule has 0 N–H and O–H groups in total. The molecule has 0 fully saturated rings. The SMILES string of the molecule is C=C(C)[C@@H]1c2ccc(OC)cc2CC[C@@H]1C(/C=C\C)=C/C. The van der Waals surface area contributed by atoms with E-state index >= 15 is 0 Å². The Morgan fingerprint density at radius 1 is 1.33 bits per heavy atom. The van der Waals surface area contributed by atoms with Gasteiger partial charge in [0, 0.05) is 5.92 Å². The van der Waals surface area contributed by atoms with Gasteiger partial charge in [-0.2, -0.15) is 0 Å². The third kappa shape index (κ3) is 3.12. The molecule has 1 heteroatoms. The highest BCUT2D eigenvalue weighted by molar-refractivity contribution is 5.45. The van der Waals surface area contributed by atoms with E-state index in [1.807, 2.05) is 0 Å². The normalized spacial score (nSPS) is 22.2. The molecule has 1 aliphatic rings. The van der Waals surface area contributed by atoms with E-state index in [9.17, 15) is 0 Å². The summed E-state index contributed by atoms with van der Waals surface area (Å²) < 4.78 is 5.37. The Labute approximate surface area is 129 Å². The maximum atomic E-state index is 5.37. The van der Waals surface area contributed by atoms with Gasteiger partial charge in [-0.05, 0) is 68.4 Å². The molecular weight excluding hydrogens is 256 g/mol. The van der Waals surface area contributed by atoms with E-state index in [2.05, 4.69) is 63.8 Å². The lowest BCUT2D eigenvalue weighted by Gasteiger charge is -2.35. The third-order valence-electron chi connectivity index (χ3n) is 4.46. The second-order valence-electron chi connectivity index (χ2n) is 5.82. The van der Waals surface area contributed by atoms with Crippen LogP contribution in [0.15, 0.2) is 54.2 Å². The summed E-state index contributed by atoms with van der Waals surface area (Å²) in [7, 11) is 1.73. The summed E-state index contributed by atoms with van der Waals surface area (Å²) in [5.41, 5.74) is 5.50. The second kappa shape index (κ2) is 6.80. The van der Waals surface area contributed by atoms with Crippen molar-refractivity contribution in [1.29, 1.82) is 0 Å². The Morgan fingerprint density at radius 2 is 2.10 bits per heavy atom. The first-order valence-electron chi connectivity index (χ1n) is 7.73. The van der Waals surface area contributed by atoms with Gasteiger partial charge in [-0.1, -0.05) is 36.4 Å². The second-order valence-corrected chi connectivity index (χ2v) is 5.82. The number of benzene rings is 1. The van der Waals surface area contributed by atoms with Crippen molar-refractivity contribution in [3.63, 3.8) is 0 Å². The van der Waals surface area contributed by atoms with Crippen molar-refractivity contribution in [3.8, 4) is 5.75 Å². The Balaban J connectivity index is 2.46. The van der Waals surface area contributed by atoms with Gasteiger partial charge in [-0.15, -0.1) is 0 Å². The molecule has 0 radical (unpaired) electrons. The molecule has 0 saturated heterocycles. The molecule has 0 bridgehead atoms. The highest BCUT2D eigenvalue weighted by Gasteiger charge is 2.31.